The largest absolute Gasteiger partial charge is 0.493 e. The molecule has 1 spiro atoms. The first-order valence-electron chi connectivity index (χ1n) is 10.4. The lowest BCUT2D eigenvalue weighted by atomic mass is 9.86. The Morgan fingerprint density at radius 1 is 1.27 bits per heavy atom. The van der Waals surface area contributed by atoms with Crippen molar-refractivity contribution in [2.24, 2.45) is 10.7 Å². The molecule has 1 aliphatic heterocycles. The molecule has 1 saturated carbocycles. The van der Waals surface area contributed by atoms with E-state index in [2.05, 4.69) is 15.3 Å². The van der Waals surface area contributed by atoms with Crippen LogP contribution in [0.4, 0.5) is 20.3 Å². The fraction of sp³-hybridized carbons (Fsp3) is 0.348. The number of pyridine rings is 1. The van der Waals surface area contributed by atoms with Gasteiger partial charge in [0.1, 0.15) is 11.5 Å². The van der Waals surface area contributed by atoms with Gasteiger partial charge in [-0.15, -0.1) is 0 Å². The van der Waals surface area contributed by atoms with E-state index >= 15 is 8.78 Å². The summed E-state index contributed by atoms with van der Waals surface area (Å²) in [5, 5.41) is 3.17. The number of benzene rings is 1. The highest BCUT2D eigenvalue weighted by Gasteiger charge is 2.57. The number of rotatable bonds is 7. The Hall–Kier alpha value is -3.69. The number of hydrogen-bond acceptors (Lipinski definition) is 7. The molecule has 1 aliphatic carbocycles. The first kappa shape index (κ1) is 22.5. The topological polar surface area (TPSA) is 102 Å². The van der Waals surface area contributed by atoms with Gasteiger partial charge in [-0.1, -0.05) is 0 Å². The van der Waals surface area contributed by atoms with Gasteiger partial charge in [0.15, 0.2) is 23.1 Å². The summed E-state index contributed by atoms with van der Waals surface area (Å²) in [7, 11) is 4.19. The van der Waals surface area contributed by atoms with Crippen molar-refractivity contribution < 1.29 is 23.0 Å². The standard InChI is InChI=1S/C23H25F2N5O3/c1-27-9-13(8-26)10-28-18-6-15-14(11-29-18)12-30(22(31)23(15)4-5-23)21-19(24)16(32-2)7-17(33-3)20(21)25/h6-9,11H,4-5,10,12,26H2,1-3H3,(H,28,29). The molecule has 1 fully saturated rings. The molecule has 10 heteroatoms. The Morgan fingerprint density at radius 3 is 2.48 bits per heavy atom. The molecule has 0 unspecified atom stereocenters. The molecule has 0 atom stereocenters. The van der Waals surface area contributed by atoms with E-state index in [4.69, 9.17) is 15.2 Å². The Morgan fingerprint density at radius 2 is 1.94 bits per heavy atom. The summed E-state index contributed by atoms with van der Waals surface area (Å²) in [6, 6.07) is 2.95. The zero-order valence-corrected chi connectivity index (χ0v) is 18.6. The van der Waals surface area contributed by atoms with E-state index in [1.807, 2.05) is 6.07 Å². The van der Waals surface area contributed by atoms with Gasteiger partial charge < -0.3 is 25.4 Å². The van der Waals surface area contributed by atoms with Crippen LogP contribution in [0.3, 0.4) is 0 Å². The molecule has 0 saturated heterocycles. The number of carbonyl (C=O) groups excluding carboxylic acids is 1. The van der Waals surface area contributed by atoms with E-state index in [-0.39, 0.29) is 24.0 Å². The molecule has 1 amide bonds. The molecule has 0 bridgehead atoms. The molecule has 174 valence electrons. The predicted molar refractivity (Wildman–Crippen MR) is 121 cm³/mol. The maximum atomic E-state index is 15.1. The summed E-state index contributed by atoms with van der Waals surface area (Å²) in [5.41, 5.74) is 6.60. The van der Waals surface area contributed by atoms with Crippen molar-refractivity contribution in [2.45, 2.75) is 24.8 Å². The van der Waals surface area contributed by atoms with Crippen LogP contribution in [0.15, 0.2) is 35.1 Å². The van der Waals surface area contributed by atoms with Crippen LogP contribution in [0.25, 0.3) is 0 Å². The number of anilines is 2. The quantitative estimate of drug-likeness (QED) is 0.620. The highest BCUT2D eigenvalue weighted by Crippen LogP contribution is 2.55. The molecule has 1 aromatic heterocycles. The van der Waals surface area contributed by atoms with Gasteiger partial charge in [-0.05, 0) is 30.0 Å². The molecule has 8 nitrogen and oxygen atoms in total. The number of nitrogens with two attached hydrogens (primary N) is 1. The van der Waals surface area contributed by atoms with E-state index in [9.17, 15) is 4.79 Å². The fourth-order valence-corrected chi connectivity index (χ4v) is 4.17. The van der Waals surface area contributed by atoms with Crippen LogP contribution in [0.5, 0.6) is 11.5 Å². The summed E-state index contributed by atoms with van der Waals surface area (Å²) in [6.07, 6.45) is 5.89. The van der Waals surface area contributed by atoms with Gasteiger partial charge in [-0.2, -0.15) is 0 Å². The molecule has 4 rings (SSSR count). The number of amides is 1. The average Bonchev–Trinajstić information content (AvgIpc) is 3.62. The summed E-state index contributed by atoms with van der Waals surface area (Å²) in [5.74, 6) is -2.10. The van der Waals surface area contributed by atoms with Crippen molar-refractivity contribution >= 4 is 23.6 Å². The lowest BCUT2D eigenvalue weighted by molar-refractivity contribution is -0.121. The van der Waals surface area contributed by atoms with Crippen LogP contribution < -0.4 is 25.4 Å². The van der Waals surface area contributed by atoms with Crippen LogP contribution in [-0.2, 0) is 16.8 Å². The third-order valence-electron chi connectivity index (χ3n) is 6.04. The maximum absolute atomic E-state index is 15.1. The summed E-state index contributed by atoms with van der Waals surface area (Å²) >= 11 is 0. The fourth-order valence-electron chi connectivity index (χ4n) is 4.17. The number of ether oxygens (including phenoxy) is 2. The van der Waals surface area contributed by atoms with E-state index < -0.39 is 22.7 Å². The number of nitrogens with zero attached hydrogens (tertiary/aromatic N) is 3. The minimum Gasteiger partial charge on any atom is -0.493 e. The molecule has 1 aromatic carbocycles. The molecule has 2 heterocycles. The molecular formula is C23H25F2N5O3. The zero-order chi connectivity index (χ0) is 23.8. The highest BCUT2D eigenvalue weighted by atomic mass is 19.1. The number of halogens is 2. The van der Waals surface area contributed by atoms with E-state index in [1.165, 1.54) is 20.4 Å². The van der Waals surface area contributed by atoms with Crippen LogP contribution in [0.1, 0.15) is 24.0 Å². The van der Waals surface area contributed by atoms with E-state index in [0.29, 0.717) is 25.2 Å². The maximum Gasteiger partial charge on any atom is 0.238 e. The number of hydrogen-bond donors (Lipinski definition) is 2. The van der Waals surface area contributed by atoms with Gasteiger partial charge in [0.25, 0.3) is 0 Å². The smallest absolute Gasteiger partial charge is 0.238 e. The summed E-state index contributed by atoms with van der Waals surface area (Å²) in [6.45, 7) is 0.385. The zero-order valence-electron chi connectivity index (χ0n) is 18.6. The summed E-state index contributed by atoms with van der Waals surface area (Å²) < 4.78 is 40.3. The lowest BCUT2D eigenvalue weighted by Gasteiger charge is -2.35. The van der Waals surface area contributed by atoms with Crippen LogP contribution >= 0.6 is 0 Å². The van der Waals surface area contributed by atoms with E-state index in [1.54, 1.807) is 19.5 Å². The minimum atomic E-state index is -0.951. The Labute approximate surface area is 190 Å². The van der Waals surface area contributed by atoms with Crippen molar-refractivity contribution in [1.82, 2.24) is 4.98 Å². The number of aromatic nitrogens is 1. The predicted octanol–water partition coefficient (Wildman–Crippen LogP) is 2.91. The third kappa shape index (κ3) is 3.75. The van der Waals surface area contributed by atoms with Crippen molar-refractivity contribution in [3.63, 3.8) is 0 Å². The lowest BCUT2D eigenvalue weighted by Crippen LogP contribution is -2.45. The number of carbonyl (C=O) groups is 1. The Kier molecular flexibility index (Phi) is 5.92. The van der Waals surface area contributed by atoms with Gasteiger partial charge >= 0.3 is 0 Å². The molecule has 2 aliphatic rings. The number of nitrogens with one attached hydrogen (secondary N) is 1. The van der Waals surface area contributed by atoms with Crippen molar-refractivity contribution in [3.8, 4) is 11.5 Å². The minimum absolute atomic E-state index is 0.0240. The monoisotopic (exact) mass is 457 g/mol. The van der Waals surface area contributed by atoms with Crippen molar-refractivity contribution in [2.75, 3.05) is 38.0 Å². The number of methoxy groups -OCH3 is 2. The highest BCUT2D eigenvalue weighted by molar-refractivity contribution is 6.05. The molecular weight excluding hydrogens is 432 g/mol. The van der Waals surface area contributed by atoms with Crippen molar-refractivity contribution in [1.29, 1.82) is 0 Å². The number of aliphatic imine (C=N–C) groups is 1. The Balaban J connectivity index is 1.71. The third-order valence-corrected chi connectivity index (χ3v) is 6.04. The molecule has 3 N–H and O–H groups in total. The second-order valence-corrected chi connectivity index (χ2v) is 7.94. The van der Waals surface area contributed by atoms with Crippen molar-refractivity contribution in [3.05, 3.63) is 52.9 Å². The number of fused-ring (bicyclic) bond motifs is 2. The van der Waals surface area contributed by atoms with Crippen LogP contribution in [0, 0.1) is 11.6 Å². The first-order valence-corrected chi connectivity index (χ1v) is 10.4. The normalized spacial score (nSPS) is 16.8. The van der Waals surface area contributed by atoms with Gasteiger partial charge in [-0.3, -0.25) is 9.79 Å². The molecule has 0 radical (unpaired) electrons. The van der Waals surface area contributed by atoms with Crippen LogP contribution in [-0.4, -0.2) is 44.9 Å². The molecule has 2 aromatic rings. The summed E-state index contributed by atoms with van der Waals surface area (Å²) in [4.78, 5) is 23.0. The van der Waals surface area contributed by atoms with Gasteiger partial charge in [0.05, 0.1) is 26.2 Å². The second kappa shape index (κ2) is 8.68. The first-order chi connectivity index (χ1) is 15.9. The molecule has 33 heavy (non-hydrogen) atoms. The Bertz CT molecular complexity index is 1130. The second-order valence-electron chi connectivity index (χ2n) is 7.94. The van der Waals surface area contributed by atoms with Gasteiger partial charge in [0, 0.05) is 43.8 Å². The van der Waals surface area contributed by atoms with Crippen LogP contribution in [0.2, 0.25) is 0 Å². The SMILES string of the molecule is CN=CC(=CN)CNc1cc2c(cn1)CN(c1c(F)c(OC)cc(OC)c1F)C(=O)C21CC1. The van der Waals surface area contributed by atoms with Gasteiger partial charge in [-0.25, -0.2) is 13.8 Å². The average molecular weight is 457 g/mol. The van der Waals surface area contributed by atoms with E-state index in [0.717, 1.165) is 27.7 Å². The van der Waals surface area contributed by atoms with Gasteiger partial charge in [0.2, 0.25) is 5.91 Å².